The van der Waals surface area contributed by atoms with Gasteiger partial charge < -0.3 is 30.7 Å². The first-order valence-corrected chi connectivity index (χ1v) is 10.8. The van der Waals surface area contributed by atoms with Crippen molar-refractivity contribution in [2.45, 2.75) is 68.6 Å². The highest BCUT2D eigenvalue weighted by atomic mass is 16.6. The number of anilines is 1. The Bertz CT molecular complexity index is 953. The molecule has 6 rings (SSSR count). The van der Waals surface area contributed by atoms with Gasteiger partial charge >= 0.3 is 11.7 Å². The van der Waals surface area contributed by atoms with Crippen molar-refractivity contribution in [2.24, 2.45) is 17.8 Å². The molecule has 11 nitrogen and oxygen atoms in total. The molecule has 5 aliphatic rings. The number of aromatic amines is 1. The lowest BCUT2D eigenvalue weighted by Gasteiger charge is -2.56. The Balaban J connectivity index is 1.34. The summed E-state index contributed by atoms with van der Waals surface area (Å²) in [4.78, 5) is 39.4. The normalized spacial score (nSPS) is 40.8. The van der Waals surface area contributed by atoms with E-state index in [4.69, 9.17) is 4.74 Å². The van der Waals surface area contributed by atoms with Gasteiger partial charge in [0.2, 0.25) is 0 Å². The van der Waals surface area contributed by atoms with E-state index in [1.54, 1.807) is 0 Å². The number of hydrogen-bond acceptors (Lipinski definition) is 7. The molecule has 0 unspecified atom stereocenters. The Morgan fingerprint density at radius 1 is 1.13 bits per heavy atom. The maximum Gasteiger partial charge on any atom is 0.330 e. The van der Waals surface area contributed by atoms with Gasteiger partial charge in [0.15, 0.2) is 6.23 Å². The van der Waals surface area contributed by atoms with E-state index in [1.165, 1.54) is 19.3 Å². The number of aliphatic hydroxyl groups excluding tert-OH is 3. The van der Waals surface area contributed by atoms with E-state index in [1.807, 2.05) is 0 Å². The van der Waals surface area contributed by atoms with Crippen LogP contribution in [-0.4, -0.2) is 61.4 Å². The molecular weight excluding hydrogens is 408 g/mol. The van der Waals surface area contributed by atoms with Crippen LogP contribution in [0.5, 0.6) is 0 Å². The van der Waals surface area contributed by atoms with E-state index in [0.29, 0.717) is 17.8 Å². The number of nitrogens with one attached hydrogen (secondary N) is 3. The van der Waals surface area contributed by atoms with Crippen LogP contribution in [-0.2, 0) is 4.74 Å². The number of carbonyl (C=O) groups excluding carboxylic acids is 1. The van der Waals surface area contributed by atoms with Crippen LogP contribution >= 0.6 is 0 Å². The smallest absolute Gasteiger partial charge is 0.330 e. The molecule has 1 aromatic rings. The van der Waals surface area contributed by atoms with Crippen molar-refractivity contribution >= 4 is 11.7 Å². The van der Waals surface area contributed by atoms with Gasteiger partial charge in [-0.25, -0.2) is 9.59 Å². The second-order valence-corrected chi connectivity index (χ2v) is 9.72. The fourth-order valence-electron chi connectivity index (χ4n) is 6.53. The second kappa shape index (κ2) is 7.44. The molecule has 4 saturated carbocycles. The monoisotopic (exact) mass is 436 g/mol. The zero-order valence-electron chi connectivity index (χ0n) is 17.0. The first-order valence-electron chi connectivity index (χ1n) is 10.8. The molecule has 1 aromatic heterocycles. The van der Waals surface area contributed by atoms with Crippen molar-refractivity contribution in [3.05, 3.63) is 27.0 Å². The predicted octanol–water partition coefficient (Wildman–Crippen LogP) is -0.762. The lowest BCUT2D eigenvalue weighted by molar-refractivity contribution is -0.0549. The number of carbonyl (C=O) groups is 1. The molecule has 2 amide bonds. The van der Waals surface area contributed by atoms with E-state index in [2.05, 4.69) is 15.6 Å². The molecule has 4 atom stereocenters. The van der Waals surface area contributed by atoms with Gasteiger partial charge in [-0.2, -0.15) is 0 Å². The summed E-state index contributed by atoms with van der Waals surface area (Å²) in [5.41, 5.74) is -2.08. The van der Waals surface area contributed by atoms with Crippen molar-refractivity contribution in [3.8, 4) is 0 Å². The van der Waals surface area contributed by atoms with Gasteiger partial charge in [-0.05, 0) is 56.3 Å². The zero-order chi connectivity index (χ0) is 21.9. The van der Waals surface area contributed by atoms with Crippen LogP contribution in [0.4, 0.5) is 10.5 Å². The van der Waals surface area contributed by atoms with E-state index >= 15 is 0 Å². The summed E-state index contributed by atoms with van der Waals surface area (Å²) in [5.74, 6) is 1.93. The summed E-state index contributed by atoms with van der Waals surface area (Å²) in [6.07, 6.45) is 2.35. The van der Waals surface area contributed by atoms with Crippen molar-refractivity contribution in [1.82, 2.24) is 14.9 Å². The average molecular weight is 436 g/mol. The van der Waals surface area contributed by atoms with Gasteiger partial charge in [0, 0.05) is 11.7 Å². The fourth-order valence-corrected chi connectivity index (χ4v) is 6.53. The highest BCUT2D eigenvalue weighted by Gasteiger charge is 2.51. The van der Waals surface area contributed by atoms with Crippen LogP contribution in [0.15, 0.2) is 15.8 Å². The van der Waals surface area contributed by atoms with E-state index in [-0.39, 0.29) is 11.2 Å². The average Bonchev–Trinajstić information content (AvgIpc) is 2.97. The van der Waals surface area contributed by atoms with Gasteiger partial charge in [-0.3, -0.25) is 14.3 Å². The van der Waals surface area contributed by atoms with Crippen molar-refractivity contribution < 1.29 is 24.9 Å². The number of ether oxygens (including phenoxy) is 1. The largest absolute Gasteiger partial charge is 0.394 e. The summed E-state index contributed by atoms with van der Waals surface area (Å²) >= 11 is 0. The van der Waals surface area contributed by atoms with E-state index < -0.39 is 48.4 Å². The molecule has 5 fully saturated rings. The Labute approximate surface area is 177 Å². The summed E-state index contributed by atoms with van der Waals surface area (Å²) in [7, 11) is 0. The van der Waals surface area contributed by atoms with Gasteiger partial charge in [0.05, 0.1) is 6.61 Å². The molecule has 0 aromatic carbocycles. The standard InChI is InChI=1S/C20H28N4O7/c25-8-13-14(26)15(27)17(31-13)24-7-12(16(28)22-19(24)30)21-18(29)23-20-4-9-1-10(5-20)3-11(2-9)6-20/h7,9-11,13-15,17,25-27H,1-6,8H2,(H2,21,23,29)(H,22,28,30)/t9?,10?,11?,13-,14-,15+,17-,20?/m1/s1. The van der Waals surface area contributed by atoms with Crippen LogP contribution in [0.2, 0.25) is 0 Å². The van der Waals surface area contributed by atoms with Crippen molar-refractivity contribution in [3.63, 3.8) is 0 Å². The Kier molecular flexibility index (Phi) is 4.96. The maximum absolute atomic E-state index is 12.8. The number of aromatic nitrogens is 2. The minimum absolute atomic E-state index is 0.181. The number of urea groups is 1. The third-order valence-electron chi connectivity index (χ3n) is 7.42. The molecule has 6 N–H and O–H groups in total. The van der Waals surface area contributed by atoms with Crippen molar-refractivity contribution in [2.75, 3.05) is 11.9 Å². The number of aliphatic hydroxyl groups is 3. The molecule has 4 bridgehead atoms. The fraction of sp³-hybridized carbons (Fsp3) is 0.750. The van der Waals surface area contributed by atoms with Gasteiger partial charge in [0.25, 0.3) is 5.56 Å². The maximum atomic E-state index is 12.8. The third-order valence-corrected chi connectivity index (χ3v) is 7.42. The molecule has 4 aliphatic carbocycles. The van der Waals surface area contributed by atoms with Gasteiger partial charge in [-0.15, -0.1) is 0 Å². The topological polar surface area (TPSA) is 166 Å². The highest BCUT2D eigenvalue weighted by molar-refractivity contribution is 5.89. The lowest BCUT2D eigenvalue weighted by Crippen LogP contribution is -2.60. The molecule has 1 aliphatic heterocycles. The van der Waals surface area contributed by atoms with Gasteiger partial charge in [-0.1, -0.05) is 0 Å². The minimum Gasteiger partial charge on any atom is -0.394 e. The summed E-state index contributed by atoms with van der Waals surface area (Å²) in [6, 6.07) is -0.515. The molecule has 0 spiro atoms. The summed E-state index contributed by atoms with van der Waals surface area (Å²) in [5, 5.41) is 35.0. The minimum atomic E-state index is -1.49. The van der Waals surface area contributed by atoms with Crippen molar-refractivity contribution in [1.29, 1.82) is 0 Å². The van der Waals surface area contributed by atoms with Crippen LogP contribution in [0.1, 0.15) is 44.8 Å². The van der Waals surface area contributed by atoms with E-state index in [9.17, 15) is 29.7 Å². The molecule has 2 heterocycles. The van der Waals surface area contributed by atoms with Crippen LogP contribution < -0.4 is 21.9 Å². The first-order chi connectivity index (χ1) is 14.8. The SMILES string of the molecule is O=C(Nc1cn([C@@H]2O[C@H](CO)[C@@H](O)[C@@H]2O)c(=O)[nH]c1=O)NC12CC3CC(CC(C3)C1)C2. The molecule has 170 valence electrons. The van der Waals surface area contributed by atoms with E-state index in [0.717, 1.165) is 30.0 Å². The number of nitrogens with zero attached hydrogens (tertiary/aromatic N) is 1. The Morgan fingerprint density at radius 2 is 1.74 bits per heavy atom. The Morgan fingerprint density at radius 3 is 2.29 bits per heavy atom. The molecule has 0 radical (unpaired) electrons. The third kappa shape index (κ3) is 3.59. The van der Waals surface area contributed by atoms with Crippen LogP contribution in [0.3, 0.4) is 0 Å². The molecule has 11 heteroatoms. The van der Waals surface area contributed by atoms with Gasteiger partial charge in [0.1, 0.15) is 24.0 Å². The van der Waals surface area contributed by atoms with Crippen LogP contribution in [0.25, 0.3) is 0 Å². The number of rotatable bonds is 4. The number of amides is 2. The predicted molar refractivity (Wildman–Crippen MR) is 107 cm³/mol. The summed E-state index contributed by atoms with van der Waals surface area (Å²) < 4.78 is 6.25. The zero-order valence-corrected chi connectivity index (χ0v) is 17.0. The molecular formula is C20H28N4O7. The lowest BCUT2D eigenvalue weighted by atomic mass is 9.53. The Hall–Kier alpha value is -2.21. The summed E-state index contributed by atoms with van der Waals surface area (Å²) in [6.45, 7) is -0.550. The number of hydrogen-bond donors (Lipinski definition) is 6. The highest BCUT2D eigenvalue weighted by Crippen LogP contribution is 2.55. The first kappa shape index (κ1) is 20.7. The second-order valence-electron chi connectivity index (χ2n) is 9.72. The quantitative estimate of drug-likeness (QED) is 0.361. The number of H-pyrrole nitrogens is 1. The van der Waals surface area contributed by atoms with Crippen LogP contribution in [0, 0.1) is 17.8 Å². The molecule has 31 heavy (non-hydrogen) atoms. The molecule has 1 saturated heterocycles.